The number of nitrogens with two attached hydrogens (primary N) is 1. The number of aliphatic imine (C=N–C) groups is 1. The zero-order valence-corrected chi connectivity index (χ0v) is 15.7. The number of rotatable bonds is 5. The number of aromatic nitrogens is 2. The molecular formula is C16H24IN5. The van der Waals surface area contributed by atoms with Gasteiger partial charge in [-0.05, 0) is 38.5 Å². The fourth-order valence-corrected chi connectivity index (χ4v) is 2.23. The molecule has 0 aliphatic carbocycles. The van der Waals surface area contributed by atoms with E-state index < -0.39 is 0 Å². The van der Waals surface area contributed by atoms with Crippen molar-refractivity contribution in [3.05, 3.63) is 47.8 Å². The molecule has 0 saturated heterocycles. The first-order chi connectivity index (χ1) is 10.2. The molecule has 2 aromatic rings. The average Bonchev–Trinajstić information content (AvgIpc) is 2.93. The van der Waals surface area contributed by atoms with Crippen LogP contribution in [0.1, 0.15) is 25.1 Å². The number of hydrogen-bond donors (Lipinski definition) is 1. The molecule has 6 heteroatoms. The lowest BCUT2D eigenvalue weighted by Crippen LogP contribution is -2.37. The van der Waals surface area contributed by atoms with Gasteiger partial charge in [0.2, 0.25) is 0 Å². The summed E-state index contributed by atoms with van der Waals surface area (Å²) in [5, 5.41) is 4.46. The third kappa shape index (κ3) is 4.46. The van der Waals surface area contributed by atoms with Crippen molar-refractivity contribution < 1.29 is 0 Å². The number of hydrogen-bond acceptors (Lipinski definition) is 2. The molecule has 1 heterocycles. The van der Waals surface area contributed by atoms with Crippen molar-refractivity contribution in [1.29, 1.82) is 0 Å². The Labute approximate surface area is 149 Å². The molecule has 0 fully saturated rings. The maximum absolute atomic E-state index is 6.03. The second-order valence-corrected chi connectivity index (χ2v) is 4.88. The first-order valence-corrected chi connectivity index (χ1v) is 7.31. The van der Waals surface area contributed by atoms with Crippen LogP contribution < -0.4 is 5.73 Å². The molecule has 0 radical (unpaired) electrons. The minimum absolute atomic E-state index is 0. The van der Waals surface area contributed by atoms with Gasteiger partial charge in [0, 0.05) is 19.3 Å². The molecule has 0 aliphatic heterocycles. The Balaban J connectivity index is 0.00000242. The summed E-state index contributed by atoms with van der Waals surface area (Å²) in [6.07, 6.45) is 1.96. The Bertz CT molecular complexity index is 617. The van der Waals surface area contributed by atoms with Crippen LogP contribution in [-0.4, -0.2) is 33.7 Å². The average molecular weight is 413 g/mol. The maximum atomic E-state index is 6.03. The minimum Gasteiger partial charge on any atom is -0.370 e. The fraction of sp³-hybridized carbons (Fsp3) is 0.375. The molecule has 1 aromatic heterocycles. The van der Waals surface area contributed by atoms with Gasteiger partial charge in [-0.15, -0.1) is 24.0 Å². The lowest BCUT2D eigenvalue weighted by atomic mass is 10.2. The molecule has 0 atom stereocenters. The summed E-state index contributed by atoms with van der Waals surface area (Å²) in [5.74, 6) is 0.589. The van der Waals surface area contributed by atoms with E-state index in [9.17, 15) is 0 Å². The van der Waals surface area contributed by atoms with Crippen LogP contribution in [0.15, 0.2) is 41.5 Å². The highest BCUT2D eigenvalue weighted by atomic mass is 127. The first-order valence-electron chi connectivity index (χ1n) is 7.31. The van der Waals surface area contributed by atoms with Gasteiger partial charge in [-0.25, -0.2) is 9.67 Å². The Morgan fingerprint density at radius 1 is 1.23 bits per heavy atom. The predicted octanol–water partition coefficient (Wildman–Crippen LogP) is 2.96. The van der Waals surface area contributed by atoms with Crippen molar-refractivity contribution in [2.24, 2.45) is 10.7 Å². The van der Waals surface area contributed by atoms with E-state index in [1.807, 2.05) is 47.0 Å². The summed E-state index contributed by atoms with van der Waals surface area (Å²) in [6.45, 7) is 8.42. The summed E-state index contributed by atoms with van der Waals surface area (Å²) >= 11 is 0. The molecule has 0 aliphatic rings. The largest absolute Gasteiger partial charge is 0.370 e. The van der Waals surface area contributed by atoms with Gasteiger partial charge in [0.1, 0.15) is 0 Å². The van der Waals surface area contributed by atoms with Crippen molar-refractivity contribution in [2.45, 2.75) is 27.3 Å². The van der Waals surface area contributed by atoms with E-state index in [0.29, 0.717) is 12.5 Å². The minimum atomic E-state index is 0. The van der Waals surface area contributed by atoms with Crippen molar-refractivity contribution >= 4 is 29.9 Å². The maximum Gasteiger partial charge on any atom is 0.191 e. The lowest BCUT2D eigenvalue weighted by Gasteiger charge is -2.19. The summed E-state index contributed by atoms with van der Waals surface area (Å²) < 4.78 is 1.88. The standard InChI is InChI=1S/C16H23N5.HI/c1-4-20(5-2)16(17)18-12-14-8-6-7-9-15(14)21-11-10-13(3)19-21;/h6-11H,4-5,12H2,1-3H3,(H2,17,18);1H. The van der Waals surface area contributed by atoms with Gasteiger partial charge in [0.25, 0.3) is 0 Å². The van der Waals surface area contributed by atoms with Crippen LogP contribution in [-0.2, 0) is 6.54 Å². The van der Waals surface area contributed by atoms with E-state index in [-0.39, 0.29) is 24.0 Å². The van der Waals surface area contributed by atoms with E-state index in [2.05, 4.69) is 30.0 Å². The summed E-state index contributed by atoms with van der Waals surface area (Å²) in [4.78, 5) is 6.55. The van der Waals surface area contributed by atoms with Crippen LogP contribution in [0.4, 0.5) is 0 Å². The van der Waals surface area contributed by atoms with Gasteiger partial charge in [-0.3, -0.25) is 0 Å². The topological polar surface area (TPSA) is 59.4 Å². The zero-order valence-electron chi connectivity index (χ0n) is 13.4. The van der Waals surface area contributed by atoms with Gasteiger partial charge in [-0.2, -0.15) is 5.10 Å². The Kier molecular flexibility index (Phi) is 7.37. The Morgan fingerprint density at radius 2 is 1.91 bits per heavy atom. The third-order valence-corrected chi connectivity index (χ3v) is 3.46. The van der Waals surface area contributed by atoms with Crippen LogP contribution in [0.5, 0.6) is 0 Å². The first kappa shape index (κ1) is 18.5. The zero-order chi connectivity index (χ0) is 15.2. The molecule has 0 spiro atoms. The van der Waals surface area contributed by atoms with Gasteiger partial charge in [0.05, 0.1) is 17.9 Å². The van der Waals surface area contributed by atoms with E-state index in [4.69, 9.17) is 5.73 Å². The molecule has 2 N–H and O–H groups in total. The molecule has 0 bridgehead atoms. The molecule has 22 heavy (non-hydrogen) atoms. The van der Waals surface area contributed by atoms with Crippen LogP contribution in [0, 0.1) is 6.92 Å². The number of benzene rings is 1. The van der Waals surface area contributed by atoms with Crippen molar-refractivity contribution in [3.8, 4) is 5.69 Å². The van der Waals surface area contributed by atoms with E-state index >= 15 is 0 Å². The molecule has 0 amide bonds. The smallest absolute Gasteiger partial charge is 0.191 e. The fourth-order valence-electron chi connectivity index (χ4n) is 2.23. The molecule has 1 aromatic carbocycles. The number of nitrogens with zero attached hydrogens (tertiary/aromatic N) is 4. The summed E-state index contributed by atoms with van der Waals surface area (Å²) in [5.41, 5.74) is 9.18. The van der Waals surface area contributed by atoms with Crippen LogP contribution >= 0.6 is 24.0 Å². The van der Waals surface area contributed by atoms with Crippen LogP contribution in [0.25, 0.3) is 5.69 Å². The molecule has 5 nitrogen and oxygen atoms in total. The predicted molar refractivity (Wildman–Crippen MR) is 102 cm³/mol. The van der Waals surface area contributed by atoms with E-state index in [1.54, 1.807) is 0 Å². The highest BCUT2D eigenvalue weighted by molar-refractivity contribution is 14.0. The molecule has 2 rings (SSSR count). The van der Waals surface area contributed by atoms with Gasteiger partial charge in [0.15, 0.2) is 5.96 Å². The molecule has 120 valence electrons. The van der Waals surface area contributed by atoms with E-state index in [0.717, 1.165) is 30.0 Å². The lowest BCUT2D eigenvalue weighted by molar-refractivity contribution is 0.458. The number of aryl methyl sites for hydroxylation is 1. The number of guanidine groups is 1. The van der Waals surface area contributed by atoms with Crippen molar-refractivity contribution in [2.75, 3.05) is 13.1 Å². The second kappa shape index (κ2) is 8.77. The summed E-state index contributed by atoms with van der Waals surface area (Å²) in [6, 6.07) is 10.1. The van der Waals surface area contributed by atoms with Gasteiger partial charge in [-0.1, -0.05) is 18.2 Å². The molecular weight excluding hydrogens is 389 g/mol. The summed E-state index contributed by atoms with van der Waals surface area (Å²) in [7, 11) is 0. The quantitative estimate of drug-likeness (QED) is 0.466. The van der Waals surface area contributed by atoms with Crippen molar-refractivity contribution in [1.82, 2.24) is 14.7 Å². The van der Waals surface area contributed by atoms with Crippen molar-refractivity contribution in [3.63, 3.8) is 0 Å². The van der Waals surface area contributed by atoms with E-state index in [1.165, 1.54) is 0 Å². The Morgan fingerprint density at radius 3 is 2.50 bits per heavy atom. The van der Waals surface area contributed by atoms with Gasteiger partial charge < -0.3 is 10.6 Å². The monoisotopic (exact) mass is 413 g/mol. The number of para-hydroxylation sites is 1. The molecule has 0 unspecified atom stereocenters. The van der Waals surface area contributed by atoms with Crippen LogP contribution in [0.3, 0.4) is 0 Å². The molecule has 0 saturated carbocycles. The number of halogens is 1. The third-order valence-electron chi connectivity index (χ3n) is 3.46. The van der Waals surface area contributed by atoms with Crippen LogP contribution in [0.2, 0.25) is 0 Å². The SMILES string of the molecule is CCN(CC)C(N)=NCc1ccccc1-n1ccc(C)n1.I. The normalized spacial score (nSPS) is 11.1. The highest BCUT2D eigenvalue weighted by Gasteiger charge is 2.06. The van der Waals surface area contributed by atoms with Gasteiger partial charge >= 0.3 is 0 Å². The Hall–Kier alpha value is -1.57. The second-order valence-electron chi connectivity index (χ2n) is 4.88. The highest BCUT2D eigenvalue weighted by Crippen LogP contribution is 2.15.